The van der Waals surface area contributed by atoms with E-state index in [1.54, 1.807) is 0 Å². The lowest BCUT2D eigenvalue weighted by molar-refractivity contribution is 0.798. The Balaban J connectivity index is 1.30. The molecule has 1 nitrogen and oxygen atoms in total. The largest absolute Gasteiger partial charge is 0.380 e. The van der Waals surface area contributed by atoms with Crippen LogP contribution >= 0.6 is 0 Å². The van der Waals surface area contributed by atoms with Gasteiger partial charge in [-0.05, 0) is 107 Å². The molecule has 0 bridgehead atoms. The lowest BCUT2D eigenvalue weighted by atomic mass is 9.80. The van der Waals surface area contributed by atoms with Gasteiger partial charge in [0.05, 0.1) is 6.04 Å². The lowest BCUT2D eigenvalue weighted by Crippen LogP contribution is -2.27. The van der Waals surface area contributed by atoms with Crippen molar-refractivity contribution in [1.29, 1.82) is 0 Å². The van der Waals surface area contributed by atoms with Gasteiger partial charge in [-0.1, -0.05) is 115 Å². The zero-order valence-corrected chi connectivity index (χ0v) is 23.6. The molecular formula is C39H37N. The minimum absolute atomic E-state index is 0.288. The zero-order valence-electron chi connectivity index (χ0n) is 23.6. The SMILES string of the molecule is C=C/C=C\C1=C(C)CCC(/C(=C\Cc2ccc(C3=CNC4C=CC=CC4=C3)cc2)C2=Cc3ccccc3C2)=C1C. The minimum Gasteiger partial charge on any atom is -0.380 e. The topological polar surface area (TPSA) is 12.0 Å². The zero-order chi connectivity index (χ0) is 27.5. The molecule has 0 amide bonds. The molecule has 1 aliphatic heterocycles. The van der Waals surface area contributed by atoms with E-state index in [-0.39, 0.29) is 6.04 Å². The van der Waals surface area contributed by atoms with Gasteiger partial charge >= 0.3 is 0 Å². The van der Waals surface area contributed by atoms with Crippen molar-refractivity contribution < 1.29 is 0 Å². The highest BCUT2D eigenvalue weighted by molar-refractivity contribution is 5.77. The number of nitrogens with one attached hydrogen (secondary N) is 1. The van der Waals surface area contributed by atoms with Crippen molar-refractivity contribution in [1.82, 2.24) is 5.32 Å². The quantitative estimate of drug-likeness (QED) is 0.359. The van der Waals surface area contributed by atoms with E-state index in [4.69, 9.17) is 0 Å². The predicted octanol–water partition coefficient (Wildman–Crippen LogP) is 9.33. The van der Waals surface area contributed by atoms with Gasteiger partial charge in [0.25, 0.3) is 0 Å². The van der Waals surface area contributed by atoms with Gasteiger partial charge in [0.2, 0.25) is 0 Å². The Kier molecular flexibility index (Phi) is 7.38. The number of fused-ring (bicyclic) bond motifs is 2. The summed E-state index contributed by atoms with van der Waals surface area (Å²) in [5, 5.41) is 3.52. The molecule has 1 heterocycles. The van der Waals surface area contributed by atoms with Crippen LogP contribution in [0.5, 0.6) is 0 Å². The average molecular weight is 520 g/mol. The van der Waals surface area contributed by atoms with Crippen LogP contribution in [0.15, 0.2) is 155 Å². The molecule has 1 atom stereocenters. The maximum atomic E-state index is 3.89. The molecule has 0 spiro atoms. The highest BCUT2D eigenvalue weighted by atomic mass is 14.9. The Morgan fingerprint density at radius 3 is 2.67 bits per heavy atom. The number of benzene rings is 2. The van der Waals surface area contributed by atoms with Crippen molar-refractivity contribution in [3.8, 4) is 0 Å². The van der Waals surface area contributed by atoms with Gasteiger partial charge in [-0.2, -0.15) is 0 Å². The average Bonchev–Trinajstić information content (AvgIpc) is 3.42. The second-order valence-electron chi connectivity index (χ2n) is 11.1. The molecule has 1 N–H and O–H groups in total. The van der Waals surface area contributed by atoms with E-state index in [0.29, 0.717) is 0 Å². The van der Waals surface area contributed by atoms with Crippen LogP contribution in [0.1, 0.15) is 48.9 Å². The Hall–Kier alpha value is -4.36. The lowest BCUT2D eigenvalue weighted by Gasteiger charge is -2.24. The van der Waals surface area contributed by atoms with Gasteiger partial charge in [0.15, 0.2) is 0 Å². The molecule has 1 unspecified atom stereocenters. The van der Waals surface area contributed by atoms with Gasteiger partial charge in [-0.15, -0.1) is 0 Å². The van der Waals surface area contributed by atoms with Crippen LogP contribution < -0.4 is 5.32 Å². The van der Waals surface area contributed by atoms with E-state index in [0.717, 1.165) is 25.7 Å². The fourth-order valence-corrected chi connectivity index (χ4v) is 6.25. The summed E-state index contributed by atoms with van der Waals surface area (Å²) in [4.78, 5) is 0. The number of hydrogen-bond acceptors (Lipinski definition) is 1. The van der Waals surface area contributed by atoms with Crippen LogP contribution in [0, 0.1) is 0 Å². The number of hydrogen-bond donors (Lipinski definition) is 1. The molecule has 2 aromatic rings. The summed E-state index contributed by atoms with van der Waals surface area (Å²) in [5.41, 5.74) is 16.5. The first kappa shape index (κ1) is 25.9. The van der Waals surface area contributed by atoms with E-state index in [1.807, 2.05) is 6.08 Å². The van der Waals surface area contributed by atoms with E-state index in [1.165, 1.54) is 66.8 Å². The summed E-state index contributed by atoms with van der Waals surface area (Å²) >= 11 is 0. The monoisotopic (exact) mass is 519 g/mol. The van der Waals surface area contributed by atoms with Crippen molar-refractivity contribution in [2.45, 2.75) is 45.6 Å². The van der Waals surface area contributed by atoms with Crippen molar-refractivity contribution in [2.75, 3.05) is 0 Å². The van der Waals surface area contributed by atoms with E-state index in [2.05, 4.69) is 135 Å². The first-order chi connectivity index (χ1) is 19.6. The molecule has 2 aromatic carbocycles. The maximum absolute atomic E-state index is 3.89. The Labute approximate surface area is 239 Å². The fraction of sp³-hybridized carbons (Fsp3) is 0.179. The maximum Gasteiger partial charge on any atom is 0.0696 e. The smallest absolute Gasteiger partial charge is 0.0696 e. The first-order valence-corrected chi connectivity index (χ1v) is 14.4. The van der Waals surface area contributed by atoms with Crippen LogP contribution in [0.2, 0.25) is 0 Å². The van der Waals surface area contributed by atoms with Gasteiger partial charge in [-0.25, -0.2) is 0 Å². The van der Waals surface area contributed by atoms with Crippen molar-refractivity contribution >= 4 is 11.6 Å². The third kappa shape index (κ3) is 5.25. The van der Waals surface area contributed by atoms with Gasteiger partial charge in [-0.3, -0.25) is 0 Å². The van der Waals surface area contributed by atoms with Crippen LogP contribution in [0.25, 0.3) is 11.6 Å². The molecule has 0 radical (unpaired) electrons. The molecule has 4 aliphatic rings. The number of rotatable bonds is 7. The molecule has 6 rings (SSSR count). The Bertz CT molecular complexity index is 1620. The normalized spacial score (nSPS) is 20.2. The van der Waals surface area contributed by atoms with E-state index >= 15 is 0 Å². The molecule has 0 aromatic heterocycles. The summed E-state index contributed by atoms with van der Waals surface area (Å²) in [5.74, 6) is 0. The van der Waals surface area contributed by atoms with Crippen LogP contribution in [0.3, 0.4) is 0 Å². The highest BCUT2D eigenvalue weighted by Crippen LogP contribution is 2.40. The predicted molar refractivity (Wildman–Crippen MR) is 172 cm³/mol. The molecule has 0 fully saturated rings. The van der Waals surface area contributed by atoms with Gasteiger partial charge in [0.1, 0.15) is 0 Å². The summed E-state index contributed by atoms with van der Waals surface area (Å²) in [6, 6.07) is 18.2. The molecule has 0 saturated heterocycles. The van der Waals surface area contributed by atoms with Crippen molar-refractivity contribution in [3.63, 3.8) is 0 Å². The van der Waals surface area contributed by atoms with Crippen LogP contribution in [-0.2, 0) is 12.8 Å². The summed E-state index contributed by atoms with van der Waals surface area (Å²) in [6.45, 7) is 8.46. The Morgan fingerprint density at radius 2 is 1.85 bits per heavy atom. The van der Waals surface area contributed by atoms with Gasteiger partial charge in [0, 0.05) is 6.20 Å². The third-order valence-corrected chi connectivity index (χ3v) is 8.53. The van der Waals surface area contributed by atoms with E-state index in [9.17, 15) is 0 Å². The second-order valence-corrected chi connectivity index (χ2v) is 11.1. The summed E-state index contributed by atoms with van der Waals surface area (Å²) < 4.78 is 0. The minimum atomic E-state index is 0.288. The highest BCUT2D eigenvalue weighted by Gasteiger charge is 2.23. The molecule has 1 heteroatoms. The van der Waals surface area contributed by atoms with Gasteiger partial charge < -0.3 is 5.32 Å². The van der Waals surface area contributed by atoms with Crippen molar-refractivity contribution in [3.05, 3.63) is 177 Å². The fourth-order valence-electron chi connectivity index (χ4n) is 6.25. The standard InChI is InChI=1S/C39H37N/c1-4-5-13-36-27(2)15-21-37(28(36)3)38(34-23-31-10-6-7-11-32(31)24-34)22-18-29-16-19-30(20-17-29)35-25-33-12-8-9-14-39(33)40-26-35/h4-14,16-17,19-20,22-23,25-26,39-40H,1,15,18,21,24H2,2-3H3/b13-5-,38-22-. The van der Waals surface area contributed by atoms with Crippen LogP contribution in [-0.4, -0.2) is 6.04 Å². The number of dihydropyridines is 1. The third-order valence-electron chi connectivity index (χ3n) is 8.53. The first-order valence-electron chi connectivity index (χ1n) is 14.4. The molecule has 3 aliphatic carbocycles. The molecule has 198 valence electrons. The van der Waals surface area contributed by atoms with E-state index < -0.39 is 0 Å². The molecule has 0 saturated carbocycles. The Morgan fingerprint density at radius 1 is 1.00 bits per heavy atom. The summed E-state index contributed by atoms with van der Waals surface area (Å²) in [7, 11) is 0. The molecule has 40 heavy (non-hydrogen) atoms. The number of allylic oxidation sites excluding steroid dienone is 14. The second kappa shape index (κ2) is 11.4. The van der Waals surface area contributed by atoms with Crippen LogP contribution in [0.4, 0.5) is 0 Å². The molecular weight excluding hydrogens is 482 g/mol. The van der Waals surface area contributed by atoms with Crippen molar-refractivity contribution in [2.24, 2.45) is 0 Å². The summed E-state index contributed by atoms with van der Waals surface area (Å²) in [6.07, 6.45) is 28.2.